The van der Waals surface area contributed by atoms with Gasteiger partial charge in [-0.3, -0.25) is 0 Å². The minimum Gasteiger partial charge on any atom is -0.507 e. The molecule has 1 aromatic heterocycles. The lowest BCUT2D eigenvalue weighted by molar-refractivity contribution is 0.423. The van der Waals surface area contributed by atoms with Crippen LogP contribution in [0.15, 0.2) is 77.1 Å². The van der Waals surface area contributed by atoms with Crippen LogP contribution in [0, 0.1) is 0 Å². The summed E-state index contributed by atoms with van der Waals surface area (Å²) in [6.07, 6.45) is 0. The highest BCUT2D eigenvalue weighted by Crippen LogP contribution is 2.42. The van der Waals surface area contributed by atoms with Gasteiger partial charge < -0.3 is 9.67 Å². The lowest BCUT2D eigenvalue weighted by atomic mass is 9.78. The number of benzene rings is 3. The number of aromatic nitrogens is 1. The third-order valence-corrected chi connectivity index (χ3v) is 7.17. The molecular weight excluding hydrogens is 472 g/mol. The molecule has 0 radical (unpaired) electrons. The second-order valence-corrected chi connectivity index (χ2v) is 12.3. The van der Waals surface area contributed by atoms with Crippen molar-refractivity contribution < 1.29 is 5.11 Å². The van der Waals surface area contributed by atoms with Crippen LogP contribution in [0.3, 0.4) is 0 Å². The van der Waals surface area contributed by atoms with Crippen LogP contribution in [-0.2, 0) is 17.4 Å². The molecule has 0 saturated carbocycles. The van der Waals surface area contributed by atoms with E-state index >= 15 is 0 Å². The summed E-state index contributed by atoms with van der Waals surface area (Å²) < 4.78 is 2.26. The molecule has 0 aliphatic rings. The summed E-state index contributed by atoms with van der Waals surface area (Å²) >= 11 is 7.71. The molecule has 0 fully saturated rings. The summed E-state index contributed by atoms with van der Waals surface area (Å²) in [6.45, 7) is 13.6. The van der Waals surface area contributed by atoms with Crippen LogP contribution < -0.4 is 4.80 Å². The SMILES string of the molecule is CC(C)(C)c1cc(-c2csc(=Nc3ccc(Cl)cc3)n2Cc2ccccc2)cc(C(C)(C)C)c1O. The Hall–Kier alpha value is -2.82. The molecule has 0 amide bonds. The molecule has 0 atom stereocenters. The number of phenolic OH excluding ortho intramolecular Hbond substituents is 1. The lowest BCUT2D eigenvalue weighted by Crippen LogP contribution is -2.19. The van der Waals surface area contributed by atoms with Crippen LogP contribution in [0.2, 0.25) is 5.02 Å². The van der Waals surface area contributed by atoms with Crippen molar-refractivity contribution in [1.29, 1.82) is 0 Å². The molecule has 35 heavy (non-hydrogen) atoms. The second-order valence-electron chi connectivity index (χ2n) is 11.0. The molecular formula is C30H33ClN2OS. The predicted octanol–water partition coefficient (Wildman–Crippen LogP) is 8.45. The Bertz CT molecular complexity index is 1350. The van der Waals surface area contributed by atoms with Gasteiger partial charge in [0, 0.05) is 21.5 Å². The Morgan fingerprint density at radius 2 is 1.43 bits per heavy atom. The number of aromatic hydroxyl groups is 1. The zero-order valence-electron chi connectivity index (χ0n) is 21.3. The van der Waals surface area contributed by atoms with E-state index in [1.807, 2.05) is 30.3 Å². The van der Waals surface area contributed by atoms with Gasteiger partial charge in [0.2, 0.25) is 0 Å². The second kappa shape index (κ2) is 9.67. The number of rotatable bonds is 4. The van der Waals surface area contributed by atoms with E-state index in [4.69, 9.17) is 16.6 Å². The molecule has 0 unspecified atom stereocenters. The number of hydrogen-bond acceptors (Lipinski definition) is 3. The normalized spacial score (nSPS) is 12.8. The van der Waals surface area contributed by atoms with Gasteiger partial charge >= 0.3 is 0 Å². The largest absolute Gasteiger partial charge is 0.507 e. The van der Waals surface area contributed by atoms with Crippen LogP contribution >= 0.6 is 22.9 Å². The topological polar surface area (TPSA) is 37.5 Å². The first kappa shape index (κ1) is 25.3. The molecule has 0 aliphatic heterocycles. The third-order valence-electron chi connectivity index (χ3n) is 6.05. The Morgan fingerprint density at radius 3 is 1.97 bits per heavy atom. The molecule has 0 spiro atoms. The number of phenols is 1. The molecule has 182 valence electrons. The Morgan fingerprint density at radius 1 is 0.857 bits per heavy atom. The van der Waals surface area contributed by atoms with E-state index in [0.717, 1.165) is 32.9 Å². The van der Waals surface area contributed by atoms with Crippen LogP contribution in [-0.4, -0.2) is 9.67 Å². The average Bonchev–Trinajstić information content (AvgIpc) is 3.16. The summed E-state index contributed by atoms with van der Waals surface area (Å²) in [5.41, 5.74) is 5.75. The van der Waals surface area contributed by atoms with E-state index < -0.39 is 0 Å². The third kappa shape index (κ3) is 5.71. The Balaban J connectivity index is 1.96. The molecule has 0 bridgehead atoms. The molecule has 0 saturated heterocycles. The van der Waals surface area contributed by atoms with Gasteiger partial charge in [-0.15, -0.1) is 11.3 Å². The van der Waals surface area contributed by atoms with E-state index in [1.54, 1.807) is 11.3 Å². The van der Waals surface area contributed by atoms with Crippen molar-refractivity contribution in [2.24, 2.45) is 4.99 Å². The highest BCUT2D eigenvalue weighted by Gasteiger charge is 2.27. The van der Waals surface area contributed by atoms with Gasteiger partial charge in [0.1, 0.15) is 5.75 Å². The maximum atomic E-state index is 11.2. The van der Waals surface area contributed by atoms with Gasteiger partial charge in [0.05, 0.1) is 17.9 Å². The first-order valence-electron chi connectivity index (χ1n) is 11.8. The van der Waals surface area contributed by atoms with Crippen molar-refractivity contribution in [3.05, 3.63) is 98.6 Å². The average molecular weight is 505 g/mol. The fraction of sp³-hybridized carbons (Fsp3) is 0.300. The standard InChI is InChI=1S/C30H33ClN2OS/c1-29(2,3)24-16-21(17-25(27(24)34)30(4,5)6)26-19-35-28(32-23-14-12-22(31)13-15-23)33(26)18-20-10-8-7-9-11-20/h7-17,19,34H,18H2,1-6H3. The molecule has 0 aliphatic carbocycles. The summed E-state index contributed by atoms with van der Waals surface area (Å²) in [4.78, 5) is 5.87. The van der Waals surface area contributed by atoms with Crippen LogP contribution in [0.5, 0.6) is 5.75 Å². The number of thiazole rings is 1. The van der Waals surface area contributed by atoms with E-state index in [2.05, 4.69) is 87.9 Å². The van der Waals surface area contributed by atoms with Crippen molar-refractivity contribution in [2.75, 3.05) is 0 Å². The molecule has 1 N–H and O–H groups in total. The fourth-order valence-electron chi connectivity index (χ4n) is 4.12. The van der Waals surface area contributed by atoms with Gasteiger partial charge in [0.15, 0.2) is 4.80 Å². The summed E-state index contributed by atoms with van der Waals surface area (Å²) in [6, 6.07) is 22.3. The van der Waals surface area contributed by atoms with Crippen LogP contribution in [0.1, 0.15) is 58.2 Å². The molecule has 4 rings (SSSR count). The maximum absolute atomic E-state index is 11.2. The first-order valence-corrected chi connectivity index (χ1v) is 13.1. The smallest absolute Gasteiger partial charge is 0.190 e. The highest BCUT2D eigenvalue weighted by molar-refractivity contribution is 7.07. The quantitative estimate of drug-likeness (QED) is 0.297. The van der Waals surface area contributed by atoms with Crippen molar-refractivity contribution in [3.63, 3.8) is 0 Å². The van der Waals surface area contributed by atoms with Crippen molar-refractivity contribution in [1.82, 2.24) is 4.57 Å². The summed E-state index contributed by atoms with van der Waals surface area (Å²) in [5, 5.41) is 14.1. The zero-order valence-corrected chi connectivity index (χ0v) is 22.8. The van der Waals surface area contributed by atoms with Gasteiger partial charge in [-0.25, -0.2) is 4.99 Å². The maximum Gasteiger partial charge on any atom is 0.190 e. The number of nitrogens with zero attached hydrogens (tertiary/aromatic N) is 2. The van der Waals surface area contributed by atoms with E-state index in [-0.39, 0.29) is 10.8 Å². The van der Waals surface area contributed by atoms with Crippen molar-refractivity contribution in [2.45, 2.75) is 58.9 Å². The van der Waals surface area contributed by atoms with E-state index in [0.29, 0.717) is 17.3 Å². The van der Waals surface area contributed by atoms with Crippen LogP contribution in [0.4, 0.5) is 5.69 Å². The fourth-order valence-corrected chi connectivity index (χ4v) is 5.17. The van der Waals surface area contributed by atoms with Gasteiger partial charge in [-0.2, -0.15) is 0 Å². The zero-order chi connectivity index (χ0) is 25.4. The van der Waals surface area contributed by atoms with E-state index in [9.17, 15) is 5.11 Å². The minimum absolute atomic E-state index is 0.198. The van der Waals surface area contributed by atoms with E-state index in [1.165, 1.54) is 5.56 Å². The summed E-state index contributed by atoms with van der Waals surface area (Å²) in [7, 11) is 0. The molecule has 4 aromatic rings. The monoisotopic (exact) mass is 504 g/mol. The van der Waals surface area contributed by atoms with Gasteiger partial charge in [-0.05, 0) is 58.4 Å². The predicted molar refractivity (Wildman–Crippen MR) is 149 cm³/mol. The van der Waals surface area contributed by atoms with Crippen molar-refractivity contribution >= 4 is 28.6 Å². The van der Waals surface area contributed by atoms with Gasteiger partial charge in [0.25, 0.3) is 0 Å². The highest BCUT2D eigenvalue weighted by atomic mass is 35.5. The Labute approximate surface area is 217 Å². The molecule has 3 aromatic carbocycles. The van der Waals surface area contributed by atoms with Crippen molar-refractivity contribution in [3.8, 4) is 17.0 Å². The Kier molecular flexibility index (Phi) is 6.99. The molecule has 1 heterocycles. The van der Waals surface area contributed by atoms with Crippen LogP contribution in [0.25, 0.3) is 11.3 Å². The van der Waals surface area contributed by atoms with Gasteiger partial charge in [-0.1, -0.05) is 83.5 Å². The minimum atomic E-state index is -0.198. The molecule has 3 nitrogen and oxygen atoms in total. The summed E-state index contributed by atoms with van der Waals surface area (Å²) in [5.74, 6) is 0.393. The number of halogens is 1. The molecule has 5 heteroatoms. The number of hydrogen-bond donors (Lipinski definition) is 1. The lowest BCUT2D eigenvalue weighted by Gasteiger charge is -2.28. The first-order chi connectivity index (χ1) is 16.4.